The molecule has 0 saturated carbocycles. The molecule has 1 N–H and O–H groups in total. The Morgan fingerprint density at radius 3 is 3.05 bits per heavy atom. The van der Waals surface area contributed by atoms with Crippen molar-refractivity contribution < 1.29 is 9.90 Å². The SMILES string of the molecule is CCN1CCCCC1Cc1nc2cccc(C(=O)O)n2n1. The van der Waals surface area contributed by atoms with Gasteiger partial charge in [-0.15, -0.1) is 0 Å². The molecule has 0 aliphatic carbocycles. The highest BCUT2D eigenvalue weighted by Gasteiger charge is 2.23. The number of rotatable bonds is 4. The zero-order valence-electron chi connectivity index (χ0n) is 12.2. The number of likely N-dealkylation sites (tertiary alicyclic amines) is 1. The molecule has 112 valence electrons. The van der Waals surface area contributed by atoms with Crippen LogP contribution in [0.1, 0.15) is 42.5 Å². The van der Waals surface area contributed by atoms with Crippen molar-refractivity contribution in [2.45, 2.75) is 38.6 Å². The van der Waals surface area contributed by atoms with Gasteiger partial charge in [0.05, 0.1) is 0 Å². The van der Waals surface area contributed by atoms with E-state index in [2.05, 4.69) is 21.9 Å². The molecule has 1 atom stereocenters. The molecule has 0 amide bonds. The molecule has 1 saturated heterocycles. The summed E-state index contributed by atoms with van der Waals surface area (Å²) in [6.45, 7) is 4.35. The molecule has 6 nitrogen and oxygen atoms in total. The van der Waals surface area contributed by atoms with Gasteiger partial charge in [0.1, 0.15) is 0 Å². The number of fused-ring (bicyclic) bond motifs is 1. The molecule has 0 aromatic carbocycles. The number of likely N-dealkylation sites (N-methyl/N-ethyl adjacent to an activating group) is 1. The maximum atomic E-state index is 11.2. The number of aromatic nitrogens is 3. The van der Waals surface area contributed by atoms with Crippen molar-refractivity contribution in [2.75, 3.05) is 13.1 Å². The Labute approximate surface area is 123 Å². The van der Waals surface area contributed by atoms with E-state index in [0.29, 0.717) is 11.7 Å². The van der Waals surface area contributed by atoms with Crippen LogP contribution in [0.15, 0.2) is 18.2 Å². The van der Waals surface area contributed by atoms with Gasteiger partial charge in [-0.05, 0) is 38.1 Å². The number of carboxylic acid groups (broad SMARTS) is 1. The first-order chi connectivity index (χ1) is 10.2. The molecule has 1 fully saturated rings. The van der Waals surface area contributed by atoms with E-state index >= 15 is 0 Å². The van der Waals surface area contributed by atoms with Crippen molar-refractivity contribution in [1.29, 1.82) is 0 Å². The molecule has 1 aliphatic rings. The number of carbonyl (C=O) groups is 1. The molecule has 0 spiro atoms. The third-order valence-corrected chi connectivity index (χ3v) is 4.20. The zero-order chi connectivity index (χ0) is 14.8. The first kappa shape index (κ1) is 14.0. The van der Waals surface area contributed by atoms with E-state index in [9.17, 15) is 9.90 Å². The van der Waals surface area contributed by atoms with E-state index in [1.54, 1.807) is 18.2 Å². The predicted molar refractivity (Wildman–Crippen MR) is 78.5 cm³/mol. The third-order valence-electron chi connectivity index (χ3n) is 4.20. The normalized spacial score (nSPS) is 20.0. The minimum absolute atomic E-state index is 0.155. The lowest BCUT2D eigenvalue weighted by Gasteiger charge is -2.34. The van der Waals surface area contributed by atoms with Gasteiger partial charge in [-0.2, -0.15) is 5.10 Å². The summed E-state index contributed by atoms with van der Waals surface area (Å²) in [5.41, 5.74) is 0.756. The van der Waals surface area contributed by atoms with Crippen molar-refractivity contribution in [2.24, 2.45) is 0 Å². The summed E-state index contributed by atoms with van der Waals surface area (Å²) >= 11 is 0. The average Bonchev–Trinajstić information content (AvgIpc) is 2.89. The van der Waals surface area contributed by atoms with E-state index in [0.717, 1.165) is 31.8 Å². The zero-order valence-corrected chi connectivity index (χ0v) is 12.2. The van der Waals surface area contributed by atoms with Crippen molar-refractivity contribution >= 4 is 11.6 Å². The van der Waals surface area contributed by atoms with Crippen LogP contribution in [0.2, 0.25) is 0 Å². The van der Waals surface area contributed by atoms with Gasteiger partial charge in [-0.3, -0.25) is 0 Å². The monoisotopic (exact) mass is 288 g/mol. The molecular weight excluding hydrogens is 268 g/mol. The third kappa shape index (κ3) is 2.76. The van der Waals surface area contributed by atoms with Crippen LogP contribution < -0.4 is 0 Å². The minimum Gasteiger partial charge on any atom is -0.477 e. The summed E-state index contributed by atoms with van der Waals surface area (Å²) < 4.78 is 1.43. The molecule has 6 heteroatoms. The molecule has 0 radical (unpaired) electrons. The second kappa shape index (κ2) is 5.81. The van der Waals surface area contributed by atoms with Crippen LogP contribution in [-0.2, 0) is 6.42 Å². The molecule has 2 aromatic heterocycles. The molecule has 21 heavy (non-hydrogen) atoms. The standard InChI is InChI=1S/C15H20N4O2/c1-2-18-9-4-3-6-11(18)10-13-16-14-8-5-7-12(15(20)21)19(14)17-13/h5,7-8,11H,2-4,6,9-10H2,1H3,(H,20,21). The van der Waals surface area contributed by atoms with Crippen molar-refractivity contribution in [3.63, 3.8) is 0 Å². The van der Waals surface area contributed by atoms with Crippen LogP contribution in [0.4, 0.5) is 0 Å². The minimum atomic E-state index is -0.982. The summed E-state index contributed by atoms with van der Waals surface area (Å²) in [5.74, 6) is -0.251. The Hall–Kier alpha value is -1.95. The second-order valence-corrected chi connectivity index (χ2v) is 5.50. The maximum Gasteiger partial charge on any atom is 0.354 e. The van der Waals surface area contributed by atoms with Crippen LogP contribution >= 0.6 is 0 Å². The Kier molecular flexibility index (Phi) is 3.88. The maximum absolute atomic E-state index is 11.2. The molecule has 1 aliphatic heterocycles. The van der Waals surface area contributed by atoms with Gasteiger partial charge in [0.2, 0.25) is 0 Å². The van der Waals surface area contributed by atoms with Gasteiger partial charge in [-0.25, -0.2) is 14.3 Å². The van der Waals surface area contributed by atoms with Crippen LogP contribution in [-0.4, -0.2) is 49.7 Å². The number of hydrogen-bond donors (Lipinski definition) is 1. The largest absolute Gasteiger partial charge is 0.477 e. The summed E-state index contributed by atoms with van der Waals surface area (Å²) in [4.78, 5) is 18.2. The smallest absolute Gasteiger partial charge is 0.354 e. The van der Waals surface area contributed by atoms with Gasteiger partial charge in [0.25, 0.3) is 0 Å². The predicted octanol–water partition coefficient (Wildman–Crippen LogP) is 1.84. The topological polar surface area (TPSA) is 70.7 Å². The summed E-state index contributed by atoms with van der Waals surface area (Å²) in [6, 6.07) is 5.51. The Bertz CT molecular complexity index is 652. The van der Waals surface area contributed by atoms with Crippen molar-refractivity contribution in [3.05, 3.63) is 29.7 Å². The van der Waals surface area contributed by atoms with E-state index in [-0.39, 0.29) is 5.69 Å². The van der Waals surface area contributed by atoms with E-state index in [4.69, 9.17) is 0 Å². The van der Waals surface area contributed by atoms with Crippen molar-refractivity contribution in [1.82, 2.24) is 19.5 Å². The molecule has 3 rings (SSSR count). The van der Waals surface area contributed by atoms with Gasteiger partial charge in [-0.1, -0.05) is 19.4 Å². The molecule has 0 bridgehead atoms. The highest BCUT2D eigenvalue weighted by atomic mass is 16.4. The number of carboxylic acids is 1. The number of aromatic carboxylic acids is 1. The molecule has 2 aromatic rings. The Balaban J connectivity index is 1.87. The Morgan fingerprint density at radius 2 is 2.29 bits per heavy atom. The number of hydrogen-bond acceptors (Lipinski definition) is 4. The van der Waals surface area contributed by atoms with Crippen LogP contribution in [0.3, 0.4) is 0 Å². The first-order valence-electron chi connectivity index (χ1n) is 7.51. The van der Waals surface area contributed by atoms with Crippen LogP contribution in [0.25, 0.3) is 5.65 Å². The number of piperidine rings is 1. The van der Waals surface area contributed by atoms with Gasteiger partial charge < -0.3 is 10.0 Å². The fourth-order valence-electron chi connectivity index (χ4n) is 3.12. The van der Waals surface area contributed by atoms with Gasteiger partial charge in [0, 0.05) is 12.5 Å². The summed E-state index contributed by atoms with van der Waals surface area (Å²) in [5, 5.41) is 13.6. The average molecular weight is 288 g/mol. The van der Waals surface area contributed by atoms with E-state index in [1.807, 2.05) is 0 Å². The highest BCUT2D eigenvalue weighted by molar-refractivity contribution is 5.86. The molecule has 3 heterocycles. The molecule has 1 unspecified atom stereocenters. The summed E-state index contributed by atoms with van der Waals surface area (Å²) in [7, 11) is 0. The lowest BCUT2D eigenvalue weighted by atomic mass is 9.99. The quantitative estimate of drug-likeness (QED) is 0.929. The van der Waals surface area contributed by atoms with Gasteiger partial charge in [0.15, 0.2) is 17.2 Å². The summed E-state index contributed by atoms with van der Waals surface area (Å²) in [6.07, 6.45) is 4.45. The lowest BCUT2D eigenvalue weighted by Crippen LogP contribution is -2.40. The van der Waals surface area contributed by atoms with E-state index < -0.39 is 5.97 Å². The highest BCUT2D eigenvalue weighted by Crippen LogP contribution is 2.19. The van der Waals surface area contributed by atoms with Crippen molar-refractivity contribution in [3.8, 4) is 0 Å². The number of nitrogens with zero attached hydrogens (tertiary/aromatic N) is 4. The second-order valence-electron chi connectivity index (χ2n) is 5.50. The van der Waals surface area contributed by atoms with Gasteiger partial charge >= 0.3 is 5.97 Å². The number of pyridine rings is 1. The van der Waals surface area contributed by atoms with E-state index in [1.165, 1.54) is 17.4 Å². The Morgan fingerprint density at radius 1 is 1.43 bits per heavy atom. The first-order valence-corrected chi connectivity index (χ1v) is 7.51. The van der Waals surface area contributed by atoms with Crippen LogP contribution in [0, 0.1) is 0 Å². The van der Waals surface area contributed by atoms with Crippen LogP contribution in [0.5, 0.6) is 0 Å². The lowest BCUT2D eigenvalue weighted by molar-refractivity contribution is 0.0687. The fraction of sp³-hybridized carbons (Fsp3) is 0.533. The molecular formula is C15H20N4O2. The fourth-order valence-corrected chi connectivity index (χ4v) is 3.12.